The molecule has 1 aromatic heterocycles. The number of benzene rings is 1. The van der Waals surface area contributed by atoms with Crippen LogP contribution in [0.5, 0.6) is 0 Å². The molecule has 0 unspecified atom stereocenters. The maximum atomic E-state index is 12.6. The number of aromatic nitrogens is 1. The van der Waals surface area contributed by atoms with Gasteiger partial charge < -0.3 is 19.6 Å². The van der Waals surface area contributed by atoms with Gasteiger partial charge in [0, 0.05) is 31.9 Å². The number of hydrogen-bond donors (Lipinski definition) is 1. The average Bonchev–Trinajstić information content (AvgIpc) is 3.26. The zero-order valence-electron chi connectivity index (χ0n) is 16.2. The fraction of sp³-hybridized carbons (Fsp3) is 0.524. The van der Waals surface area contributed by atoms with Crippen molar-refractivity contribution in [2.45, 2.75) is 39.5 Å². The molecule has 3 heterocycles. The molecule has 1 saturated heterocycles. The standard InChI is InChI=1S/C21H28N4O2/c1-3-18-20(15(2)27-23-18)22-21(26)24-11-8-16(9-12-24)14-25-13-10-17-6-4-5-7-19(17)25/h4-7,16H,3,8-14H2,1-2H3,(H,22,26). The van der Waals surface area contributed by atoms with Crippen LogP contribution in [0.2, 0.25) is 0 Å². The molecule has 2 aliphatic heterocycles. The molecule has 6 nitrogen and oxygen atoms in total. The molecule has 27 heavy (non-hydrogen) atoms. The van der Waals surface area contributed by atoms with Crippen molar-refractivity contribution in [3.63, 3.8) is 0 Å². The van der Waals surface area contributed by atoms with Crippen molar-refractivity contribution in [1.29, 1.82) is 0 Å². The number of rotatable bonds is 4. The molecule has 1 fully saturated rings. The second-order valence-corrected chi connectivity index (χ2v) is 7.60. The number of carbonyl (C=O) groups excluding carboxylic acids is 1. The largest absolute Gasteiger partial charge is 0.371 e. The van der Waals surface area contributed by atoms with Crippen LogP contribution < -0.4 is 10.2 Å². The summed E-state index contributed by atoms with van der Waals surface area (Å²) in [6.45, 7) is 7.66. The fourth-order valence-electron chi connectivity index (χ4n) is 4.23. The van der Waals surface area contributed by atoms with Gasteiger partial charge in [-0.05, 0) is 50.2 Å². The SMILES string of the molecule is CCc1noc(C)c1NC(=O)N1CCC(CN2CCc3ccccc32)CC1. The molecule has 6 heteroatoms. The number of amides is 2. The molecular formula is C21H28N4O2. The van der Waals surface area contributed by atoms with E-state index in [2.05, 4.69) is 39.6 Å². The van der Waals surface area contributed by atoms with Crippen molar-refractivity contribution in [3.8, 4) is 0 Å². The highest BCUT2D eigenvalue weighted by atomic mass is 16.5. The highest BCUT2D eigenvalue weighted by Gasteiger charge is 2.27. The highest BCUT2D eigenvalue weighted by Crippen LogP contribution is 2.30. The van der Waals surface area contributed by atoms with E-state index in [4.69, 9.17) is 4.52 Å². The van der Waals surface area contributed by atoms with Gasteiger partial charge in [-0.1, -0.05) is 30.3 Å². The van der Waals surface area contributed by atoms with Crippen LogP contribution in [-0.2, 0) is 12.8 Å². The predicted molar refractivity (Wildman–Crippen MR) is 106 cm³/mol. The minimum Gasteiger partial charge on any atom is -0.371 e. The molecule has 2 aliphatic rings. The Morgan fingerprint density at radius 2 is 2.04 bits per heavy atom. The number of hydrogen-bond acceptors (Lipinski definition) is 4. The van der Waals surface area contributed by atoms with Gasteiger partial charge in [0.25, 0.3) is 0 Å². The van der Waals surface area contributed by atoms with Crippen molar-refractivity contribution in [1.82, 2.24) is 10.1 Å². The third kappa shape index (κ3) is 3.66. The van der Waals surface area contributed by atoms with Crippen molar-refractivity contribution >= 4 is 17.4 Å². The van der Waals surface area contributed by atoms with Gasteiger partial charge >= 0.3 is 6.03 Å². The van der Waals surface area contributed by atoms with E-state index in [0.717, 1.165) is 63.2 Å². The number of carbonyl (C=O) groups is 1. The first kappa shape index (κ1) is 17.9. The van der Waals surface area contributed by atoms with Gasteiger partial charge in [0.05, 0.1) is 0 Å². The zero-order valence-corrected chi connectivity index (χ0v) is 16.2. The first-order valence-electron chi connectivity index (χ1n) is 9.99. The summed E-state index contributed by atoms with van der Waals surface area (Å²) in [6, 6.07) is 8.68. The van der Waals surface area contributed by atoms with Crippen LogP contribution in [0.15, 0.2) is 28.8 Å². The van der Waals surface area contributed by atoms with Crippen molar-refractivity contribution in [2.75, 3.05) is 36.4 Å². The first-order chi connectivity index (χ1) is 13.2. The number of anilines is 2. The summed E-state index contributed by atoms with van der Waals surface area (Å²) >= 11 is 0. The Hall–Kier alpha value is -2.50. The average molecular weight is 368 g/mol. The van der Waals surface area contributed by atoms with Crippen LogP contribution in [0.1, 0.15) is 36.8 Å². The Bertz CT molecular complexity index is 808. The van der Waals surface area contributed by atoms with E-state index in [1.165, 1.54) is 11.3 Å². The van der Waals surface area contributed by atoms with Crippen LogP contribution in [0.4, 0.5) is 16.2 Å². The number of nitrogens with one attached hydrogen (secondary N) is 1. The molecule has 1 N–H and O–H groups in total. The van der Waals surface area contributed by atoms with Crippen LogP contribution in [0.3, 0.4) is 0 Å². The summed E-state index contributed by atoms with van der Waals surface area (Å²) in [5.74, 6) is 1.31. The van der Waals surface area contributed by atoms with Crippen LogP contribution in [0, 0.1) is 12.8 Å². The molecule has 0 saturated carbocycles. The summed E-state index contributed by atoms with van der Waals surface area (Å²) in [5.41, 5.74) is 4.40. The molecule has 0 aliphatic carbocycles. The summed E-state index contributed by atoms with van der Waals surface area (Å²) in [5, 5.41) is 7.01. The molecule has 0 spiro atoms. The maximum Gasteiger partial charge on any atom is 0.321 e. The third-order valence-corrected chi connectivity index (χ3v) is 5.86. The van der Waals surface area contributed by atoms with E-state index < -0.39 is 0 Å². The topological polar surface area (TPSA) is 61.6 Å². The van der Waals surface area contributed by atoms with Gasteiger partial charge in [0.1, 0.15) is 11.4 Å². The smallest absolute Gasteiger partial charge is 0.321 e. The first-order valence-corrected chi connectivity index (χ1v) is 9.99. The Balaban J connectivity index is 1.30. The molecule has 1 aromatic carbocycles. The highest BCUT2D eigenvalue weighted by molar-refractivity contribution is 5.90. The molecule has 2 aromatic rings. The van der Waals surface area contributed by atoms with Crippen molar-refractivity contribution in [3.05, 3.63) is 41.3 Å². The lowest BCUT2D eigenvalue weighted by Gasteiger charge is -2.34. The van der Waals surface area contributed by atoms with E-state index in [-0.39, 0.29) is 6.03 Å². The number of aryl methyl sites for hydroxylation is 2. The normalized spacial score (nSPS) is 17.3. The maximum absolute atomic E-state index is 12.6. The second kappa shape index (κ2) is 7.62. The van der Waals surface area contributed by atoms with E-state index >= 15 is 0 Å². The van der Waals surface area contributed by atoms with Gasteiger partial charge in [-0.2, -0.15) is 0 Å². The van der Waals surface area contributed by atoms with Crippen molar-refractivity contribution in [2.24, 2.45) is 5.92 Å². The zero-order chi connectivity index (χ0) is 18.8. The lowest BCUT2D eigenvalue weighted by Crippen LogP contribution is -2.43. The Morgan fingerprint density at radius 3 is 2.81 bits per heavy atom. The van der Waals surface area contributed by atoms with Gasteiger partial charge in [-0.25, -0.2) is 4.79 Å². The lowest BCUT2D eigenvalue weighted by molar-refractivity contribution is 0.183. The Kier molecular flexibility index (Phi) is 5.05. The lowest BCUT2D eigenvalue weighted by atomic mass is 9.96. The van der Waals surface area contributed by atoms with E-state index in [9.17, 15) is 4.79 Å². The van der Waals surface area contributed by atoms with Gasteiger partial charge in [-0.3, -0.25) is 0 Å². The van der Waals surface area contributed by atoms with E-state index in [1.54, 1.807) is 0 Å². The molecular weight excluding hydrogens is 340 g/mol. The summed E-state index contributed by atoms with van der Waals surface area (Å²) in [6.07, 6.45) is 3.99. The van der Waals surface area contributed by atoms with Gasteiger partial charge in [-0.15, -0.1) is 0 Å². The Labute approximate surface area is 160 Å². The monoisotopic (exact) mass is 368 g/mol. The minimum atomic E-state index is -0.0408. The van der Waals surface area contributed by atoms with Gasteiger partial charge in [0.2, 0.25) is 0 Å². The summed E-state index contributed by atoms with van der Waals surface area (Å²) in [7, 11) is 0. The molecule has 144 valence electrons. The number of para-hydroxylation sites is 1. The van der Waals surface area contributed by atoms with E-state index in [1.807, 2.05) is 18.7 Å². The number of fused-ring (bicyclic) bond motifs is 1. The molecule has 0 bridgehead atoms. The van der Waals surface area contributed by atoms with Crippen LogP contribution in [-0.4, -0.2) is 42.3 Å². The number of likely N-dealkylation sites (tertiary alicyclic amines) is 1. The molecule has 0 radical (unpaired) electrons. The number of nitrogens with zero attached hydrogens (tertiary/aromatic N) is 3. The van der Waals surface area contributed by atoms with Crippen LogP contribution in [0.25, 0.3) is 0 Å². The third-order valence-electron chi connectivity index (χ3n) is 5.86. The summed E-state index contributed by atoms with van der Waals surface area (Å²) < 4.78 is 5.21. The Morgan fingerprint density at radius 1 is 1.26 bits per heavy atom. The minimum absolute atomic E-state index is 0.0408. The molecule has 0 atom stereocenters. The van der Waals surface area contributed by atoms with E-state index in [0.29, 0.717) is 11.7 Å². The summed E-state index contributed by atoms with van der Waals surface area (Å²) in [4.78, 5) is 17.1. The van der Waals surface area contributed by atoms with Crippen molar-refractivity contribution < 1.29 is 9.32 Å². The quantitative estimate of drug-likeness (QED) is 0.890. The fourth-order valence-corrected chi connectivity index (χ4v) is 4.23. The molecule has 2 amide bonds. The van der Waals surface area contributed by atoms with Crippen LogP contribution >= 0.6 is 0 Å². The second-order valence-electron chi connectivity index (χ2n) is 7.60. The number of piperidine rings is 1. The number of urea groups is 1. The predicted octanol–water partition coefficient (Wildman–Crippen LogP) is 3.85. The van der Waals surface area contributed by atoms with Gasteiger partial charge in [0.15, 0.2) is 5.76 Å². The molecule has 4 rings (SSSR count).